The van der Waals surface area contributed by atoms with Crippen molar-refractivity contribution in [3.63, 3.8) is 0 Å². The zero-order chi connectivity index (χ0) is 16.4. The van der Waals surface area contributed by atoms with Gasteiger partial charge in [-0.1, -0.05) is 18.2 Å². The first-order valence-electron chi connectivity index (χ1n) is 8.57. The minimum atomic E-state index is 0.668. The second-order valence-electron chi connectivity index (χ2n) is 6.56. The molecule has 24 heavy (non-hydrogen) atoms. The summed E-state index contributed by atoms with van der Waals surface area (Å²) in [6.07, 6.45) is 3.05. The number of nitrogens with zero attached hydrogens (tertiary/aromatic N) is 4. The van der Waals surface area contributed by atoms with Gasteiger partial charge in [-0.3, -0.25) is 4.90 Å². The quantitative estimate of drug-likeness (QED) is 0.785. The Balaban J connectivity index is 1.35. The lowest BCUT2D eigenvalue weighted by molar-refractivity contribution is 0.308. The first-order chi connectivity index (χ1) is 11.8. The molecule has 0 aliphatic carbocycles. The van der Waals surface area contributed by atoms with Crippen molar-refractivity contribution in [2.24, 2.45) is 13.0 Å². The summed E-state index contributed by atoms with van der Waals surface area (Å²) in [5.74, 6) is 2.78. The predicted octanol–water partition coefficient (Wildman–Crippen LogP) is 2.90. The molecule has 3 heterocycles. The molecule has 1 aliphatic heterocycles. The van der Waals surface area contributed by atoms with Crippen LogP contribution in [0.15, 0.2) is 48.7 Å². The van der Waals surface area contributed by atoms with E-state index in [2.05, 4.69) is 45.0 Å². The first kappa shape index (κ1) is 15.1. The molecular formula is C19H23N5. The van der Waals surface area contributed by atoms with Gasteiger partial charge < -0.3 is 9.88 Å². The number of rotatable bonds is 5. The Hall–Kier alpha value is -2.40. The smallest absolute Gasteiger partial charge is 0.125 e. The third-order valence-corrected chi connectivity index (χ3v) is 4.85. The Morgan fingerprint density at radius 2 is 2.04 bits per heavy atom. The molecule has 1 fully saturated rings. The van der Waals surface area contributed by atoms with Gasteiger partial charge >= 0.3 is 0 Å². The summed E-state index contributed by atoms with van der Waals surface area (Å²) in [4.78, 5) is 11.6. The van der Waals surface area contributed by atoms with E-state index in [0.717, 1.165) is 43.3 Å². The third kappa shape index (κ3) is 3.12. The molecule has 1 N–H and O–H groups in total. The zero-order valence-electron chi connectivity index (χ0n) is 14.0. The Morgan fingerprint density at radius 3 is 2.88 bits per heavy atom. The Labute approximate surface area is 142 Å². The lowest BCUT2D eigenvalue weighted by atomic mass is 10.1. The summed E-state index contributed by atoms with van der Waals surface area (Å²) in [7, 11) is 2.11. The predicted molar refractivity (Wildman–Crippen MR) is 96.8 cm³/mol. The number of likely N-dealkylation sites (tertiary alicyclic amines) is 1. The maximum Gasteiger partial charge on any atom is 0.125 e. The van der Waals surface area contributed by atoms with Gasteiger partial charge in [0.15, 0.2) is 0 Å². The van der Waals surface area contributed by atoms with Crippen molar-refractivity contribution >= 4 is 16.9 Å². The van der Waals surface area contributed by atoms with Crippen molar-refractivity contribution in [3.8, 4) is 0 Å². The van der Waals surface area contributed by atoms with Crippen LogP contribution in [0.25, 0.3) is 11.0 Å². The van der Waals surface area contributed by atoms with Crippen LogP contribution < -0.4 is 5.32 Å². The van der Waals surface area contributed by atoms with Gasteiger partial charge in [0.25, 0.3) is 0 Å². The van der Waals surface area contributed by atoms with Crippen LogP contribution in [0.2, 0.25) is 0 Å². The van der Waals surface area contributed by atoms with E-state index in [1.807, 2.05) is 30.5 Å². The standard InChI is InChI=1S/C19H23N5/c1-23-17-7-3-2-6-16(17)22-19(23)14-24-11-9-15(13-24)12-21-18-8-4-5-10-20-18/h2-8,10,15H,9,11-14H2,1H3,(H,20,21). The van der Waals surface area contributed by atoms with Crippen LogP contribution in [0.4, 0.5) is 5.82 Å². The van der Waals surface area contributed by atoms with E-state index in [1.54, 1.807) is 0 Å². The highest BCUT2D eigenvalue weighted by atomic mass is 15.2. The van der Waals surface area contributed by atoms with E-state index < -0.39 is 0 Å². The molecule has 124 valence electrons. The minimum absolute atomic E-state index is 0.668. The van der Waals surface area contributed by atoms with Crippen molar-refractivity contribution in [1.29, 1.82) is 0 Å². The number of aromatic nitrogens is 3. The summed E-state index contributed by atoms with van der Waals surface area (Å²) in [5.41, 5.74) is 2.29. The van der Waals surface area contributed by atoms with Crippen LogP contribution >= 0.6 is 0 Å². The lowest BCUT2D eigenvalue weighted by Gasteiger charge is -2.16. The molecule has 0 radical (unpaired) electrons. The zero-order valence-corrected chi connectivity index (χ0v) is 14.0. The van der Waals surface area contributed by atoms with Crippen molar-refractivity contribution in [2.75, 3.05) is 25.0 Å². The number of pyridine rings is 1. The van der Waals surface area contributed by atoms with E-state index in [4.69, 9.17) is 4.98 Å². The second-order valence-corrected chi connectivity index (χ2v) is 6.56. The van der Waals surface area contributed by atoms with E-state index in [9.17, 15) is 0 Å². The van der Waals surface area contributed by atoms with Crippen LogP contribution in [0.3, 0.4) is 0 Å². The van der Waals surface area contributed by atoms with Gasteiger partial charge in [0.05, 0.1) is 17.6 Å². The molecular weight excluding hydrogens is 298 g/mol. The molecule has 5 heteroatoms. The van der Waals surface area contributed by atoms with E-state index >= 15 is 0 Å². The number of hydrogen-bond acceptors (Lipinski definition) is 4. The largest absolute Gasteiger partial charge is 0.370 e. The Bertz CT molecular complexity index is 811. The molecule has 1 unspecified atom stereocenters. The molecule has 3 aromatic rings. The van der Waals surface area contributed by atoms with Gasteiger partial charge in [-0.25, -0.2) is 9.97 Å². The number of hydrogen-bond donors (Lipinski definition) is 1. The average Bonchev–Trinajstić information content (AvgIpc) is 3.20. The Kier molecular flexibility index (Phi) is 4.17. The molecule has 5 nitrogen and oxygen atoms in total. The van der Waals surface area contributed by atoms with Crippen LogP contribution in [0, 0.1) is 5.92 Å². The highest BCUT2D eigenvalue weighted by molar-refractivity contribution is 5.75. The van der Waals surface area contributed by atoms with Gasteiger partial charge in [0, 0.05) is 26.3 Å². The fourth-order valence-electron chi connectivity index (χ4n) is 3.48. The highest BCUT2D eigenvalue weighted by Gasteiger charge is 2.23. The van der Waals surface area contributed by atoms with Gasteiger partial charge in [-0.2, -0.15) is 0 Å². The molecule has 0 saturated carbocycles. The van der Waals surface area contributed by atoms with E-state index in [0.29, 0.717) is 5.92 Å². The minimum Gasteiger partial charge on any atom is -0.370 e. The maximum atomic E-state index is 4.79. The van der Waals surface area contributed by atoms with Gasteiger partial charge in [0.1, 0.15) is 11.6 Å². The normalized spacial score (nSPS) is 18.3. The molecule has 1 aliphatic rings. The number of fused-ring (bicyclic) bond motifs is 1. The Morgan fingerprint density at radius 1 is 1.17 bits per heavy atom. The van der Waals surface area contributed by atoms with Crippen LogP contribution in [0.1, 0.15) is 12.2 Å². The number of benzene rings is 1. The number of nitrogens with one attached hydrogen (secondary N) is 1. The first-order valence-corrected chi connectivity index (χ1v) is 8.57. The molecule has 2 aromatic heterocycles. The van der Waals surface area contributed by atoms with Crippen molar-refractivity contribution in [3.05, 3.63) is 54.5 Å². The maximum absolute atomic E-state index is 4.79. The molecule has 1 saturated heterocycles. The van der Waals surface area contributed by atoms with Gasteiger partial charge in [-0.15, -0.1) is 0 Å². The molecule has 0 spiro atoms. The van der Waals surface area contributed by atoms with Crippen LogP contribution in [0.5, 0.6) is 0 Å². The summed E-state index contributed by atoms with van der Waals surface area (Å²) >= 11 is 0. The number of aryl methyl sites for hydroxylation is 1. The lowest BCUT2D eigenvalue weighted by Crippen LogP contribution is -2.24. The summed E-state index contributed by atoms with van der Waals surface area (Å²) < 4.78 is 2.22. The monoisotopic (exact) mass is 321 g/mol. The summed E-state index contributed by atoms with van der Waals surface area (Å²) in [6, 6.07) is 14.3. The average molecular weight is 321 g/mol. The summed E-state index contributed by atoms with van der Waals surface area (Å²) in [5, 5.41) is 3.45. The number of imidazole rings is 1. The molecule has 1 atom stereocenters. The van der Waals surface area contributed by atoms with Gasteiger partial charge in [0.2, 0.25) is 0 Å². The second kappa shape index (κ2) is 6.61. The fourth-order valence-corrected chi connectivity index (χ4v) is 3.48. The van der Waals surface area contributed by atoms with Crippen LogP contribution in [-0.2, 0) is 13.6 Å². The van der Waals surface area contributed by atoms with Crippen molar-refractivity contribution < 1.29 is 0 Å². The van der Waals surface area contributed by atoms with Crippen LogP contribution in [-0.4, -0.2) is 39.1 Å². The SMILES string of the molecule is Cn1c(CN2CCC(CNc3ccccn3)C2)nc2ccccc21. The molecule has 0 bridgehead atoms. The highest BCUT2D eigenvalue weighted by Crippen LogP contribution is 2.21. The van der Waals surface area contributed by atoms with Crippen molar-refractivity contribution in [1.82, 2.24) is 19.4 Å². The van der Waals surface area contributed by atoms with Crippen molar-refractivity contribution in [2.45, 2.75) is 13.0 Å². The molecule has 0 amide bonds. The van der Waals surface area contributed by atoms with E-state index in [-0.39, 0.29) is 0 Å². The van der Waals surface area contributed by atoms with Gasteiger partial charge in [-0.05, 0) is 43.1 Å². The molecule has 1 aromatic carbocycles. The third-order valence-electron chi connectivity index (χ3n) is 4.85. The van der Waals surface area contributed by atoms with E-state index in [1.165, 1.54) is 11.9 Å². The fraction of sp³-hybridized carbons (Fsp3) is 0.368. The molecule has 4 rings (SSSR count). The topological polar surface area (TPSA) is 46.0 Å². The number of anilines is 1. The summed E-state index contributed by atoms with van der Waals surface area (Å²) in [6.45, 7) is 4.15. The number of para-hydroxylation sites is 2.